The number of aromatic nitrogens is 2. The molecular weight excluding hydrogens is 397 g/mol. The highest BCUT2D eigenvalue weighted by atomic mass is 79.9. The SMILES string of the molecule is O=C(/C=C/c1ccc(Br)cc1)N1CCCC1c1nc2ccc(F)cc2[nH]1. The van der Waals surface area contributed by atoms with Gasteiger partial charge in [0.1, 0.15) is 11.6 Å². The molecule has 3 aromatic rings. The fourth-order valence-electron chi connectivity index (χ4n) is 3.31. The van der Waals surface area contributed by atoms with Crippen molar-refractivity contribution in [2.24, 2.45) is 0 Å². The molecule has 0 aliphatic carbocycles. The highest BCUT2D eigenvalue weighted by molar-refractivity contribution is 9.10. The van der Waals surface area contributed by atoms with Crippen LogP contribution >= 0.6 is 15.9 Å². The molecule has 1 saturated heterocycles. The van der Waals surface area contributed by atoms with Crippen LogP contribution in [0.2, 0.25) is 0 Å². The maximum Gasteiger partial charge on any atom is 0.247 e. The molecule has 26 heavy (non-hydrogen) atoms. The lowest BCUT2D eigenvalue weighted by atomic mass is 10.2. The smallest absolute Gasteiger partial charge is 0.247 e. The number of nitrogens with one attached hydrogen (secondary N) is 1. The van der Waals surface area contributed by atoms with E-state index in [9.17, 15) is 9.18 Å². The Bertz CT molecular complexity index is 980. The lowest BCUT2D eigenvalue weighted by Crippen LogP contribution is -2.29. The molecule has 1 amide bonds. The van der Waals surface area contributed by atoms with Crippen LogP contribution in [0.15, 0.2) is 53.0 Å². The molecule has 1 aliphatic rings. The molecule has 0 bridgehead atoms. The van der Waals surface area contributed by atoms with Gasteiger partial charge in [-0.3, -0.25) is 4.79 Å². The van der Waals surface area contributed by atoms with Gasteiger partial charge in [0.05, 0.1) is 17.1 Å². The summed E-state index contributed by atoms with van der Waals surface area (Å²) in [6.45, 7) is 0.694. The second-order valence-corrected chi connectivity index (χ2v) is 7.27. The van der Waals surface area contributed by atoms with Crippen LogP contribution in [0.1, 0.15) is 30.3 Å². The number of carbonyl (C=O) groups is 1. The molecular formula is C20H17BrFN3O. The summed E-state index contributed by atoms with van der Waals surface area (Å²) in [6, 6.07) is 12.1. The van der Waals surface area contributed by atoms with E-state index in [4.69, 9.17) is 0 Å². The van der Waals surface area contributed by atoms with Crippen molar-refractivity contribution < 1.29 is 9.18 Å². The first-order valence-corrected chi connectivity index (χ1v) is 9.29. The van der Waals surface area contributed by atoms with E-state index in [1.54, 1.807) is 12.1 Å². The van der Waals surface area contributed by atoms with Crippen LogP contribution in [-0.2, 0) is 4.79 Å². The van der Waals surface area contributed by atoms with Crippen LogP contribution in [0.25, 0.3) is 17.1 Å². The zero-order valence-electron chi connectivity index (χ0n) is 14.0. The fraction of sp³-hybridized carbons (Fsp3) is 0.200. The number of likely N-dealkylation sites (tertiary alicyclic amines) is 1. The Kier molecular flexibility index (Phi) is 4.59. The Morgan fingerprint density at radius 3 is 2.88 bits per heavy atom. The van der Waals surface area contributed by atoms with E-state index in [0.29, 0.717) is 23.4 Å². The van der Waals surface area contributed by atoms with Crippen LogP contribution in [0.5, 0.6) is 0 Å². The van der Waals surface area contributed by atoms with Gasteiger partial charge in [0.25, 0.3) is 0 Å². The summed E-state index contributed by atoms with van der Waals surface area (Å²) in [7, 11) is 0. The van der Waals surface area contributed by atoms with E-state index in [1.165, 1.54) is 12.1 Å². The Hall–Kier alpha value is -2.47. The van der Waals surface area contributed by atoms with E-state index in [2.05, 4.69) is 25.9 Å². The maximum absolute atomic E-state index is 13.4. The molecule has 0 radical (unpaired) electrons. The van der Waals surface area contributed by atoms with E-state index >= 15 is 0 Å². The van der Waals surface area contributed by atoms with Gasteiger partial charge in [-0.25, -0.2) is 9.37 Å². The Labute approximate surface area is 158 Å². The van der Waals surface area contributed by atoms with Gasteiger partial charge in [-0.2, -0.15) is 0 Å². The number of halogens is 2. The number of aromatic amines is 1. The first-order valence-electron chi connectivity index (χ1n) is 8.49. The highest BCUT2D eigenvalue weighted by Gasteiger charge is 2.31. The largest absolute Gasteiger partial charge is 0.340 e. The molecule has 1 atom stereocenters. The van der Waals surface area contributed by atoms with Crippen molar-refractivity contribution in [2.45, 2.75) is 18.9 Å². The number of hydrogen-bond donors (Lipinski definition) is 1. The third-order valence-electron chi connectivity index (χ3n) is 4.60. The van der Waals surface area contributed by atoms with Gasteiger partial charge in [-0.05, 0) is 54.8 Å². The normalized spacial score (nSPS) is 17.5. The summed E-state index contributed by atoms with van der Waals surface area (Å²) in [5.74, 6) is 0.375. The lowest BCUT2D eigenvalue weighted by Gasteiger charge is -2.21. The summed E-state index contributed by atoms with van der Waals surface area (Å²) in [6.07, 6.45) is 5.19. The molecule has 0 saturated carbocycles. The lowest BCUT2D eigenvalue weighted by molar-refractivity contribution is -0.126. The third kappa shape index (κ3) is 3.42. The van der Waals surface area contributed by atoms with Gasteiger partial charge < -0.3 is 9.88 Å². The summed E-state index contributed by atoms with van der Waals surface area (Å²) < 4.78 is 14.4. The second-order valence-electron chi connectivity index (χ2n) is 6.36. The quantitative estimate of drug-likeness (QED) is 0.624. The average Bonchev–Trinajstić information content (AvgIpc) is 3.27. The molecule has 132 valence electrons. The number of nitrogens with zero attached hydrogens (tertiary/aromatic N) is 2. The zero-order valence-corrected chi connectivity index (χ0v) is 15.5. The number of hydrogen-bond acceptors (Lipinski definition) is 2. The van der Waals surface area contributed by atoms with Crippen molar-refractivity contribution in [2.75, 3.05) is 6.54 Å². The van der Waals surface area contributed by atoms with Gasteiger partial charge in [-0.1, -0.05) is 28.1 Å². The van der Waals surface area contributed by atoms with E-state index in [-0.39, 0.29) is 17.8 Å². The monoisotopic (exact) mass is 413 g/mol. The number of benzene rings is 2. The summed E-state index contributed by atoms with van der Waals surface area (Å²) in [5.41, 5.74) is 2.34. The topological polar surface area (TPSA) is 49.0 Å². The van der Waals surface area contributed by atoms with Gasteiger partial charge in [0.15, 0.2) is 0 Å². The predicted molar refractivity (Wildman–Crippen MR) is 103 cm³/mol. The van der Waals surface area contributed by atoms with Crippen LogP contribution in [0.4, 0.5) is 4.39 Å². The van der Waals surface area contributed by atoms with E-state index in [0.717, 1.165) is 22.9 Å². The molecule has 4 nitrogen and oxygen atoms in total. The number of H-pyrrole nitrogens is 1. The number of carbonyl (C=O) groups excluding carboxylic acids is 1. The van der Waals surface area contributed by atoms with Crippen LogP contribution in [0, 0.1) is 5.82 Å². The van der Waals surface area contributed by atoms with Gasteiger partial charge in [-0.15, -0.1) is 0 Å². The minimum Gasteiger partial charge on any atom is -0.340 e. The third-order valence-corrected chi connectivity index (χ3v) is 5.13. The zero-order chi connectivity index (χ0) is 18.1. The number of amides is 1. The molecule has 1 N–H and O–H groups in total. The molecule has 1 fully saturated rings. The minimum atomic E-state index is -0.301. The second kappa shape index (κ2) is 7.03. The molecule has 2 heterocycles. The van der Waals surface area contributed by atoms with Crippen molar-refractivity contribution in [3.63, 3.8) is 0 Å². The summed E-state index contributed by atoms with van der Waals surface area (Å²) >= 11 is 3.40. The summed E-state index contributed by atoms with van der Waals surface area (Å²) in [4.78, 5) is 22.2. The van der Waals surface area contributed by atoms with E-state index < -0.39 is 0 Å². The molecule has 1 unspecified atom stereocenters. The van der Waals surface area contributed by atoms with Gasteiger partial charge >= 0.3 is 0 Å². The maximum atomic E-state index is 13.4. The van der Waals surface area contributed by atoms with Gasteiger partial charge in [0, 0.05) is 17.1 Å². The molecule has 1 aliphatic heterocycles. The fourth-order valence-corrected chi connectivity index (χ4v) is 3.58. The minimum absolute atomic E-state index is 0.0398. The molecule has 1 aromatic heterocycles. The Balaban J connectivity index is 1.55. The molecule has 4 rings (SSSR count). The Morgan fingerprint density at radius 2 is 2.08 bits per heavy atom. The highest BCUT2D eigenvalue weighted by Crippen LogP contribution is 2.31. The van der Waals surface area contributed by atoms with Crippen molar-refractivity contribution in [3.8, 4) is 0 Å². The number of rotatable bonds is 3. The van der Waals surface area contributed by atoms with Crippen LogP contribution in [0.3, 0.4) is 0 Å². The first kappa shape index (κ1) is 17.0. The van der Waals surface area contributed by atoms with Crippen molar-refractivity contribution in [1.29, 1.82) is 0 Å². The van der Waals surface area contributed by atoms with Crippen LogP contribution < -0.4 is 0 Å². The van der Waals surface area contributed by atoms with Gasteiger partial charge in [0.2, 0.25) is 5.91 Å². The Morgan fingerprint density at radius 1 is 1.27 bits per heavy atom. The average molecular weight is 414 g/mol. The molecule has 0 spiro atoms. The number of imidazole rings is 1. The van der Waals surface area contributed by atoms with Crippen LogP contribution in [-0.4, -0.2) is 27.3 Å². The number of fused-ring (bicyclic) bond motifs is 1. The van der Waals surface area contributed by atoms with Crippen molar-refractivity contribution in [3.05, 3.63) is 70.2 Å². The van der Waals surface area contributed by atoms with Crippen molar-refractivity contribution >= 4 is 38.9 Å². The van der Waals surface area contributed by atoms with Crippen molar-refractivity contribution in [1.82, 2.24) is 14.9 Å². The molecule has 6 heteroatoms. The predicted octanol–water partition coefficient (Wildman–Crippen LogP) is 4.84. The molecule has 2 aromatic carbocycles. The standard InChI is InChI=1S/C20H17BrFN3O/c21-14-6-3-13(4-7-14)5-10-19(26)25-11-1-2-18(25)20-23-16-9-8-15(22)12-17(16)24-20/h3-10,12,18H,1-2,11H2,(H,23,24)/b10-5+. The first-order chi connectivity index (χ1) is 12.6. The summed E-state index contributed by atoms with van der Waals surface area (Å²) in [5, 5.41) is 0. The van der Waals surface area contributed by atoms with E-state index in [1.807, 2.05) is 35.2 Å².